The molecule has 0 saturated carbocycles. The van der Waals surface area contributed by atoms with Crippen molar-refractivity contribution in [2.24, 2.45) is 5.92 Å². The molecule has 3 aromatic rings. The predicted molar refractivity (Wildman–Crippen MR) is 99.7 cm³/mol. The van der Waals surface area contributed by atoms with Gasteiger partial charge in [-0.15, -0.1) is 0 Å². The molecule has 1 aromatic carbocycles. The summed E-state index contributed by atoms with van der Waals surface area (Å²) in [5.74, 6) is 1.42. The van der Waals surface area contributed by atoms with Crippen LogP contribution in [0.15, 0.2) is 48.7 Å². The number of nitrogens with one attached hydrogen (secondary N) is 1. The first-order chi connectivity index (χ1) is 12.3. The number of para-hydroxylation sites is 1. The van der Waals surface area contributed by atoms with Gasteiger partial charge in [-0.1, -0.05) is 18.2 Å². The fraction of sp³-hybridized carbons (Fsp3) is 0.381. The Hall–Kier alpha value is -2.33. The minimum atomic E-state index is 0.272. The Balaban J connectivity index is 1.36. The van der Waals surface area contributed by atoms with E-state index in [0.29, 0.717) is 12.0 Å². The monoisotopic (exact) mass is 333 g/mol. The molecule has 5 heterocycles. The maximum atomic E-state index is 6.29. The number of pyridine rings is 1. The minimum absolute atomic E-state index is 0.272. The highest BCUT2D eigenvalue weighted by molar-refractivity contribution is 5.85. The molecule has 2 atom stereocenters. The Bertz CT molecular complexity index is 843. The topological polar surface area (TPSA) is 41.1 Å². The molecule has 25 heavy (non-hydrogen) atoms. The molecule has 4 nitrogen and oxygen atoms in total. The van der Waals surface area contributed by atoms with Crippen LogP contribution < -0.4 is 4.74 Å². The van der Waals surface area contributed by atoms with Crippen LogP contribution in [0.4, 0.5) is 0 Å². The summed E-state index contributed by atoms with van der Waals surface area (Å²) in [4.78, 5) is 10.6. The van der Waals surface area contributed by atoms with Gasteiger partial charge in [-0.3, -0.25) is 4.90 Å². The van der Waals surface area contributed by atoms with Gasteiger partial charge in [-0.05, 0) is 57.0 Å². The molecule has 6 rings (SSSR count). The molecule has 3 aliphatic heterocycles. The van der Waals surface area contributed by atoms with Crippen molar-refractivity contribution in [3.05, 3.63) is 48.7 Å². The van der Waals surface area contributed by atoms with Crippen LogP contribution >= 0.6 is 0 Å². The van der Waals surface area contributed by atoms with E-state index in [-0.39, 0.29) is 6.10 Å². The zero-order chi connectivity index (χ0) is 16.8. The van der Waals surface area contributed by atoms with Crippen LogP contribution in [0.2, 0.25) is 0 Å². The maximum Gasteiger partial charge on any atom is 0.213 e. The molecule has 3 fully saturated rings. The van der Waals surface area contributed by atoms with Crippen molar-refractivity contribution in [1.29, 1.82) is 0 Å². The van der Waals surface area contributed by atoms with Gasteiger partial charge in [0.2, 0.25) is 5.88 Å². The van der Waals surface area contributed by atoms with Gasteiger partial charge in [0.25, 0.3) is 0 Å². The molecule has 1 N–H and O–H groups in total. The number of rotatable bonds is 3. The number of fused-ring (bicyclic) bond motifs is 4. The number of benzene rings is 1. The van der Waals surface area contributed by atoms with Crippen LogP contribution in [0, 0.1) is 5.92 Å². The number of aromatic nitrogens is 2. The number of ether oxygens (including phenoxy) is 1. The van der Waals surface area contributed by atoms with Crippen LogP contribution in [0.5, 0.6) is 5.88 Å². The largest absolute Gasteiger partial charge is 0.472 e. The summed E-state index contributed by atoms with van der Waals surface area (Å²) in [5, 5.41) is 1.22. The van der Waals surface area contributed by atoms with E-state index in [2.05, 4.69) is 52.1 Å². The van der Waals surface area contributed by atoms with Crippen LogP contribution in [0.3, 0.4) is 0 Å². The zero-order valence-electron chi connectivity index (χ0n) is 14.5. The Labute approximate surface area is 147 Å². The summed E-state index contributed by atoms with van der Waals surface area (Å²) in [6.07, 6.45) is 4.69. The van der Waals surface area contributed by atoms with Crippen LogP contribution in [-0.4, -0.2) is 40.1 Å². The Morgan fingerprint density at radius 2 is 1.96 bits per heavy atom. The van der Waals surface area contributed by atoms with Crippen molar-refractivity contribution >= 4 is 10.9 Å². The summed E-state index contributed by atoms with van der Waals surface area (Å²) in [6.45, 7) is 4.73. The molecular weight excluding hydrogens is 310 g/mol. The van der Waals surface area contributed by atoms with Crippen LogP contribution in [0.25, 0.3) is 22.2 Å². The van der Waals surface area contributed by atoms with Gasteiger partial charge >= 0.3 is 0 Å². The molecule has 2 unspecified atom stereocenters. The molecular formula is C21H23N3O. The van der Waals surface area contributed by atoms with Gasteiger partial charge < -0.3 is 9.72 Å². The van der Waals surface area contributed by atoms with Gasteiger partial charge in [0.05, 0.1) is 0 Å². The molecule has 3 aliphatic rings. The lowest BCUT2D eigenvalue weighted by Crippen LogP contribution is -2.58. The first-order valence-corrected chi connectivity index (χ1v) is 9.23. The van der Waals surface area contributed by atoms with E-state index < -0.39 is 0 Å². The zero-order valence-corrected chi connectivity index (χ0v) is 14.5. The number of H-pyrrole nitrogens is 1. The van der Waals surface area contributed by atoms with Gasteiger partial charge in [0, 0.05) is 40.5 Å². The van der Waals surface area contributed by atoms with Crippen LogP contribution in [0.1, 0.15) is 19.8 Å². The molecule has 0 spiro atoms. The van der Waals surface area contributed by atoms with Gasteiger partial charge in [0.1, 0.15) is 6.10 Å². The van der Waals surface area contributed by atoms with E-state index in [1.165, 1.54) is 31.3 Å². The van der Waals surface area contributed by atoms with Crippen molar-refractivity contribution in [1.82, 2.24) is 14.9 Å². The van der Waals surface area contributed by atoms with E-state index in [0.717, 1.165) is 22.7 Å². The van der Waals surface area contributed by atoms with Crippen molar-refractivity contribution in [2.75, 3.05) is 13.1 Å². The molecule has 0 amide bonds. The second-order valence-electron chi connectivity index (χ2n) is 7.35. The van der Waals surface area contributed by atoms with E-state index in [1.807, 2.05) is 18.3 Å². The summed E-state index contributed by atoms with van der Waals surface area (Å²) in [6, 6.07) is 15.1. The number of piperidine rings is 3. The SMILES string of the molecule is CC1C(Oc2ccc(-c3cc4ccccc4[nH]3)cn2)C2CCN1CC2. The van der Waals surface area contributed by atoms with Gasteiger partial charge in [0.15, 0.2) is 0 Å². The van der Waals surface area contributed by atoms with Gasteiger partial charge in [-0.25, -0.2) is 4.98 Å². The van der Waals surface area contributed by atoms with Gasteiger partial charge in [-0.2, -0.15) is 0 Å². The highest BCUT2D eigenvalue weighted by atomic mass is 16.5. The van der Waals surface area contributed by atoms with Crippen molar-refractivity contribution in [3.63, 3.8) is 0 Å². The maximum absolute atomic E-state index is 6.29. The average molecular weight is 333 g/mol. The number of hydrogen-bond acceptors (Lipinski definition) is 3. The van der Waals surface area contributed by atoms with E-state index in [9.17, 15) is 0 Å². The van der Waals surface area contributed by atoms with Crippen molar-refractivity contribution < 1.29 is 4.74 Å². The molecule has 0 radical (unpaired) electrons. The second-order valence-corrected chi connectivity index (χ2v) is 7.35. The van der Waals surface area contributed by atoms with Crippen LogP contribution in [-0.2, 0) is 0 Å². The third kappa shape index (κ3) is 2.61. The average Bonchev–Trinajstić information content (AvgIpc) is 3.10. The minimum Gasteiger partial charge on any atom is -0.472 e. The number of aromatic amines is 1. The fourth-order valence-electron chi connectivity index (χ4n) is 4.43. The summed E-state index contributed by atoms with van der Waals surface area (Å²) in [7, 11) is 0. The predicted octanol–water partition coefficient (Wildman–Crippen LogP) is 4.09. The van der Waals surface area contributed by atoms with E-state index in [1.54, 1.807) is 0 Å². The first-order valence-electron chi connectivity index (χ1n) is 9.23. The molecule has 4 heteroatoms. The molecule has 3 saturated heterocycles. The smallest absolute Gasteiger partial charge is 0.213 e. The Kier molecular flexibility index (Phi) is 3.52. The number of nitrogens with zero attached hydrogens (tertiary/aromatic N) is 2. The highest BCUT2D eigenvalue weighted by Crippen LogP contribution is 2.34. The molecule has 2 aromatic heterocycles. The van der Waals surface area contributed by atoms with Crippen molar-refractivity contribution in [2.45, 2.75) is 31.9 Å². The first kappa shape index (κ1) is 15.0. The Morgan fingerprint density at radius 1 is 1.12 bits per heavy atom. The lowest BCUT2D eigenvalue weighted by Gasteiger charge is -2.49. The Morgan fingerprint density at radius 3 is 2.68 bits per heavy atom. The quantitative estimate of drug-likeness (QED) is 0.785. The van der Waals surface area contributed by atoms with E-state index >= 15 is 0 Å². The molecule has 2 bridgehead atoms. The highest BCUT2D eigenvalue weighted by Gasteiger charge is 2.41. The lowest BCUT2D eigenvalue weighted by atomic mass is 9.81. The van der Waals surface area contributed by atoms with Crippen molar-refractivity contribution in [3.8, 4) is 17.1 Å². The molecule has 0 aliphatic carbocycles. The second kappa shape index (κ2) is 5.88. The number of hydrogen-bond donors (Lipinski definition) is 1. The third-order valence-electron chi connectivity index (χ3n) is 5.92. The third-order valence-corrected chi connectivity index (χ3v) is 5.92. The lowest BCUT2D eigenvalue weighted by molar-refractivity contribution is -0.0525. The van der Waals surface area contributed by atoms with E-state index in [4.69, 9.17) is 4.74 Å². The molecule has 128 valence electrons. The summed E-state index contributed by atoms with van der Waals surface area (Å²) < 4.78 is 6.29. The standard InChI is InChI=1S/C21H23N3O/c1-14-21(15-8-10-24(14)11-9-15)25-20-7-6-17(13-22-20)19-12-16-4-2-3-5-18(16)23-19/h2-7,12-15,21,23H,8-11H2,1H3. The summed E-state index contributed by atoms with van der Waals surface area (Å²) in [5.41, 5.74) is 3.33. The fourth-order valence-corrected chi connectivity index (χ4v) is 4.43. The summed E-state index contributed by atoms with van der Waals surface area (Å²) >= 11 is 0. The normalized spacial score (nSPS) is 28.4.